The van der Waals surface area contributed by atoms with Crippen molar-refractivity contribution in [1.29, 1.82) is 0 Å². The molecule has 2 aromatic heterocycles. The van der Waals surface area contributed by atoms with Crippen LogP contribution in [0.4, 0.5) is 16.4 Å². The van der Waals surface area contributed by atoms with Crippen molar-refractivity contribution in [2.24, 2.45) is 5.41 Å². The third-order valence-electron chi connectivity index (χ3n) is 4.21. The Morgan fingerprint density at radius 1 is 1.21 bits per heavy atom. The fourth-order valence-electron chi connectivity index (χ4n) is 2.88. The Hall–Kier alpha value is -3.42. The molecule has 2 heterocycles. The average molecular weight is 395 g/mol. The molecule has 0 spiro atoms. The zero-order valence-electron chi connectivity index (χ0n) is 17.0. The predicted molar refractivity (Wildman–Crippen MR) is 110 cm³/mol. The van der Waals surface area contributed by atoms with Crippen LogP contribution >= 0.6 is 0 Å². The first-order chi connectivity index (χ1) is 13.7. The smallest absolute Gasteiger partial charge is 0.407 e. The van der Waals surface area contributed by atoms with Crippen LogP contribution in [-0.2, 0) is 6.54 Å². The summed E-state index contributed by atoms with van der Waals surface area (Å²) >= 11 is 0. The second-order valence-corrected chi connectivity index (χ2v) is 8.10. The van der Waals surface area contributed by atoms with E-state index in [2.05, 4.69) is 20.4 Å². The molecule has 0 aliphatic rings. The van der Waals surface area contributed by atoms with Gasteiger partial charge < -0.3 is 19.8 Å². The van der Waals surface area contributed by atoms with Gasteiger partial charge in [0, 0.05) is 24.8 Å². The van der Waals surface area contributed by atoms with Crippen LogP contribution in [-0.4, -0.2) is 37.8 Å². The zero-order valence-corrected chi connectivity index (χ0v) is 17.0. The highest BCUT2D eigenvalue weighted by atomic mass is 16.5. The van der Waals surface area contributed by atoms with Crippen molar-refractivity contribution in [2.45, 2.75) is 34.2 Å². The molecule has 1 aromatic carbocycles. The van der Waals surface area contributed by atoms with Gasteiger partial charge in [0.15, 0.2) is 0 Å². The number of aryl methyl sites for hydroxylation is 1. The minimum atomic E-state index is -0.917. The predicted octanol–water partition coefficient (Wildman–Crippen LogP) is 4.71. The van der Waals surface area contributed by atoms with Crippen LogP contribution in [0.3, 0.4) is 0 Å². The van der Waals surface area contributed by atoms with Gasteiger partial charge in [0.25, 0.3) is 0 Å². The van der Waals surface area contributed by atoms with Gasteiger partial charge in [-0.15, -0.1) is 0 Å². The van der Waals surface area contributed by atoms with Gasteiger partial charge in [-0.1, -0.05) is 50.2 Å². The summed E-state index contributed by atoms with van der Waals surface area (Å²) in [7, 11) is 0. The number of hydrogen-bond acceptors (Lipinski definition) is 6. The normalized spacial score (nSPS) is 11.3. The minimum Gasteiger partial charge on any atom is -0.465 e. The average Bonchev–Trinajstić information content (AvgIpc) is 3.05. The highest BCUT2D eigenvalue weighted by Crippen LogP contribution is 2.22. The number of benzene rings is 1. The summed E-state index contributed by atoms with van der Waals surface area (Å²) in [5, 5.41) is 16.4. The Morgan fingerprint density at radius 3 is 2.52 bits per heavy atom. The standard InChI is InChI=1S/C21H25N5O3/c1-14-18(12-29-25-14)24-19-22-10-9-17(23-19)16-7-5-15(6-8-16)11-26(20(27)28)13-21(2,3)4/h5-10,12H,11,13H2,1-4H3,(H,27,28)(H,22,23,24). The van der Waals surface area contributed by atoms with E-state index in [1.807, 2.05) is 58.0 Å². The van der Waals surface area contributed by atoms with E-state index in [9.17, 15) is 9.90 Å². The van der Waals surface area contributed by atoms with Gasteiger partial charge >= 0.3 is 6.09 Å². The second kappa shape index (κ2) is 8.30. The molecule has 0 aliphatic heterocycles. The van der Waals surface area contributed by atoms with E-state index < -0.39 is 6.09 Å². The van der Waals surface area contributed by atoms with Crippen LogP contribution in [0.25, 0.3) is 11.3 Å². The molecular weight excluding hydrogens is 370 g/mol. The Kier molecular flexibility index (Phi) is 5.81. The number of carbonyl (C=O) groups is 1. The third-order valence-corrected chi connectivity index (χ3v) is 4.21. The first-order valence-corrected chi connectivity index (χ1v) is 9.29. The molecule has 0 bridgehead atoms. The molecule has 0 fully saturated rings. The van der Waals surface area contributed by atoms with E-state index in [4.69, 9.17) is 4.52 Å². The quantitative estimate of drug-likeness (QED) is 0.623. The molecule has 0 unspecified atom stereocenters. The minimum absolute atomic E-state index is 0.106. The summed E-state index contributed by atoms with van der Waals surface area (Å²) in [6, 6.07) is 9.54. The highest BCUT2D eigenvalue weighted by molar-refractivity contribution is 5.65. The number of aromatic nitrogens is 3. The number of anilines is 2. The first kappa shape index (κ1) is 20.3. The summed E-state index contributed by atoms with van der Waals surface area (Å²) < 4.78 is 4.91. The molecule has 3 aromatic rings. The van der Waals surface area contributed by atoms with Crippen molar-refractivity contribution in [1.82, 2.24) is 20.0 Å². The molecule has 0 atom stereocenters. The summed E-state index contributed by atoms with van der Waals surface area (Å²) in [6.45, 7) is 8.70. The van der Waals surface area contributed by atoms with Crippen molar-refractivity contribution >= 4 is 17.7 Å². The Labute approximate surface area is 169 Å². The van der Waals surface area contributed by atoms with Gasteiger partial charge in [0.1, 0.15) is 17.6 Å². The molecule has 0 saturated carbocycles. The largest absolute Gasteiger partial charge is 0.465 e. The van der Waals surface area contributed by atoms with E-state index in [1.54, 1.807) is 6.20 Å². The Bertz CT molecular complexity index is 976. The van der Waals surface area contributed by atoms with E-state index in [0.717, 1.165) is 22.5 Å². The van der Waals surface area contributed by atoms with Crippen molar-refractivity contribution in [3.05, 3.63) is 54.0 Å². The van der Waals surface area contributed by atoms with Gasteiger partial charge in [0.05, 0.1) is 5.69 Å². The van der Waals surface area contributed by atoms with Crippen molar-refractivity contribution in [3.8, 4) is 11.3 Å². The zero-order chi connectivity index (χ0) is 21.0. The molecule has 152 valence electrons. The number of carboxylic acid groups (broad SMARTS) is 1. The molecule has 29 heavy (non-hydrogen) atoms. The maximum Gasteiger partial charge on any atom is 0.407 e. The molecule has 1 amide bonds. The topological polar surface area (TPSA) is 104 Å². The lowest BCUT2D eigenvalue weighted by atomic mass is 9.96. The van der Waals surface area contributed by atoms with Gasteiger partial charge in [-0.05, 0) is 24.0 Å². The van der Waals surface area contributed by atoms with Crippen molar-refractivity contribution < 1.29 is 14.4 Å². The lowest BCUT2D eigenvalue weighted by molar-refractivity contribution is 0.123. The fraction of sp³-hybridized carbons (Fsp3) is 0.333. The molecular formula is C21H25N5O3. The van der Waals surface area contributed by atoms with Crippen LogP contribution in [0.1, 0.15) is 32.0 Å². The van der Waals surface area contributed by atoms with Gasteiger partial charge in [-0.3, -0.25) is 0 Å². The SMILES string of the molecule is Cc1nocc1Nc1nccc(-c2ccc(CN(CC(C)(C)C)C(=O)O)cc2)n1. The molecule has 0 radical (unpaired) electrons. The molecule has 0 saturated heterocycles. The van der Waals surface area contributed by atoms with Crippen molar-refractivity contribution in [2.75, 3.05) is 11.9 Å². The van der Waals surface area contributed by atoms with E-state index in [-0.39, 0.29) is 5.41 Å². The maximum atomic E-state index is 11.6. The molecule has 8 heteroatoms. The van der Waals surface area contributed by atoms with Crippen LogP contribution in [0.2, 0.25) is 0 Å². The van der Waals surface area contributed by atoms with E-state index in [0.29, 0.717) is 24.7 Å². The van der Waals surface area contributed by atoms with Gasteiger partial charge in [-0.25, -0.2) is 14.8 Å². The van der Waals surface area contributed by atoms with Crippen LogP contribution in [0.5, 0.6) is 0 Å². The number of nitrogens with zero attached hydrogens (tertiary/aromatic N) is 4. The highest BCUT2D eigenvalue weighted by Gasteiger charge is 2.20. The lowest BCUT2D eigenvalue weighted by Gasteiger charge is -2.27. The molecule has 8 nitrogen and oxygen atoms in total. The van der Waals surface area contributed by atoms with Crippen LogP contribution in [0.15, 0.2) is 47.3 Å². The monoisotopic (exact) mass is 395 g/mol. The Balaban J connectivity index is 1.74. The number of hydrogen-bond donors (Lipinski definition) is 2. The Morgan fingerprint density at radius 2 is 1.93 bits per heavy atom. The molecule has 3 rings (SSSR count). The fourth-order valence-corrected chi connectivity index (χ4v) is 2.88. The van der Waals surface area contributed by atoms with E-state index >= 15 is 0 Å². The van der Waals surface area contributed by atoms with Crippen LogP contribution < -0.4 is 5.32 Å². The van der Waals surface area contributed by atoms with Gasteiger partial charge in [-0.2, -0.15) is 0 Å². The van der Waals surface area contributed by atoms with Gasteiger partial charge in [0.2, 0.25) is 5.95 Å². The third kappa shape index (κ3) is 5.54. The molecule has 0 aliphatic carbocycles. The molecule has 2 N–H and O–H groups in total. The van der Waals surface area contributed by atoms with E-state index in [1.165, 1.54) is 11.2 Å². The second-order valence-electron chi connectivity index (χ2n) is 8.10. The van der Waals surface area contributed by atoms with Crippen LogP contribution in [0, 0.1) is 12.3 Å². The lowest BCUT2D eigenvalue weighted by Crippen LogP contribution is -2.36. The first-order valence-electron chi connectivity index (χ1n) is 9.29. The summed E-state index contributed by atoms with van der Waals surface area (Å²) in [4.78, 5) is 21.7. The number of rotatable bonds is 6. The summed E-state index contributed by atoms with van der Waals surface area (Å²) in [5.74, 6) is 0.445. The van der Waals surface area contributed by atoms with Crippen molar-refractivity contribution in [3.63, 3.8) is 0 Å². The summed E-state index contributed by atoms with van der Waals surface area (Å²) in [6.07, 6.45) is 2.27. The number of nitrogens with one attached hydrogen (secondary N) is 1. The maximum absolute atomic E-state index is 11.6. The summed E-state index contributed by atoms with van der Waals surface area (Å²) in [5.41, 5.74) is 3.93. The number of amides is 1.